The normalized spacial score (nSPS) is 23.2. The van der Waals surface area contributed by atoms with E-state index in [1.807, 2.05) is 72.8 Å². The Morgan fingerprint density at radius 3 is 2.43 bits per heavy atom. The first-order valence-corrected chi connectivity index (χ1v) is 9.97. The van der Waals surface area contributed by atoms with Gasteiger partial charge in [0, 0.05) is 6.42 Å². The highest BCUT2D eigenvalue weighted by Crippen LogP contribution is 2.32. The zero-order valence-corrected chi connectivity index (χ0v) is 16.7. The summed E-state index contributed by atoms with van der Waals surface area (Å²) in [6, 6.07) is 22.5. The number of amides is 2. The lowest BCUT2D eigenvalue weighted by Crippen LogP contribution is -2.59. The summed E-state index contributed by atoms with van der Waals surface area (Å²) in [5.41, 5.74) is 0.810. The fraction of sp³-hybridized carbons (Fsp3) is 0.250. The van der Waals surface area contributed by atoms with Crippen molar-refractivity contribution < 1.29 is 28.7 Å². The van der Waals surface area contributed by atoms with Crippen LogP contribution in [0.1, 0.15) is 18.9 Å². The second-order valence-electron chi connectivity index (χ2n) is 7.71. The average Bonchev–Trinajstić information content (AvgIpc) is 3.09. The van der Waals surface area contributed by atoms with Crippen molar-refractivity contribution in [2.45, 2.75) is 32.1 Å². The van der Waals surface area contributed by atoms with E-state index < -0.39 is 28.8 Å². The van der Waals surface area contributed by atoms with Crippen LogP contribution < -0.4 is 4.74 Å². The van der Waals surface area contributed by atoms with E-state index in [0.29, 0.717) is 12.2 Å². The van der Waals surface area contributed by atoms with Crippen molar-refractivity contribution in [2.24, 2.45) is 0 Å². The highest BCUT2D eigenvalue weighted by Gasteiger charge is 2.59. The Balaban J connectivity index is 1.49. The number of likely N-dealkylation sites (tertiary alicyclic amines) is 1. The van der Waals surface area contributed by atoms with Gasteiger partial charge in [-0.1, -0.05) is 60.7 Å². The topological polar surface area (TPSA) is 72.8 Å². The van der Waals surface area contributed by atoms with Crippen LogP contribution in [0.4, 0.5) is 9.59 Å². The molecule has 6 nitrogen and oxygen atoms in total. The summed E-state index contributed by atoms with van der Waals surface area (Å²) in [4.78, 5) is 25.1. The average molecular weight is 406 g/mol. The summed E-state index contributed by atoms with van der Waals surface area (Å²) in [7, 11) is 0. The van der Waals surface area contributed by atoms with Gasteiger partial charge in [0.15, 0.2) is 6.10 Å². The lowest BCUT2D eigenvalue weighted by Gasteiger charge is -2.27. The first-order chi connectivity index (χ1) is 14.5. The molecule has 0 unspecified atom stereocenters. The summed E-state index contributed by atoms with van der Waals surface area (Å²) in [6.45, 7) is 1.81. The van der Waals surface area contributed by atoms with Crippen LogP contribution >= 0.6 is 0 Å². The summed E-state index contributed by atoms with van der Waals surface area (Å²) >= 11 is 0. The van der Waals surface area contributed by atoms with Crippen LogP contribution in [0.5, 0.6) is 5.75 Å². The molecule has 1 saturated heterocycles. The van der Waals surface area contributed by atoms with E-state index in [9.17, 15) is 14.7 Å². The summed E-state index contributed by atoms with van der Waals surface area (Å²) in [5.74, 6) is 0.661. The molecule has 0 saturated carbocycles. The highest BCUT2D eigenvalue weighted by molar-refractivity contribution is 5.83. The summed E-state index contributed by atoms with van der Waals surface area (Å²) < 4.78 is 10.7. The summed E-state index contributed by atoms with van der Waals surface area (Å²) in [6.07, 6.45) is -1.94. The Labute approximate surface area is 174 Å². The van der Waals surface area contributed by atoms with Crippen LogP contribution in [0, 0.1) is 0 Å². The van der Waals surface area contributed by atoms with E-state index in [4.69, 9.17) is 9.47 Å². The minimum Gasteiger partial charge on any atom is -0.484 e. The van der Waals surface area contributed by atoms with Crippen LogP contribution in [0.25, 0.3) is 10.8 Å². The number of rotatable bonds is 4. The van der Waals surface area contributed by atoms with Crippen LogP contribution in [0.3, 0.4) is 0 Å². The second kappa shape index (κ2) is 8.16. The van der Waals surface area contributed by atoms with E-state index in [0.717, 1.165) is 16.3 Å². The monoisotopic (exact) mass is 406 g/mol. The molecule has 0 aromatic heterocycles. The molecule has 3 atom stereocenters. The Hall–Kier alpha value is -3.38. The van der Waals surface area contributed by atoms with Gasteiger partial charge >= 0.3 is 12.2 Å². The van der Waals surface area contributed by atoms with Gasteiger partial charge in [-0.05, 0) is 35.4 Å². The molecular weight excluding hydrogens is 382 g/mol. The number of nitrogens with zero attached hydrogens (tertiary/aromatic N) is 1. The number of carboxylic acid groups (broad SMARTS) is 1. The number of carbonyl (C=O) groups is 2. The minimum atomic E-state index is -1.22. The molecule has 4 rings (SSSR count). The molecule has 1 N–H and O–H groups in total. The van der Waals surface area contributed by atoms with Gasteiger partial charge in [-0.2, -0.15) is 9.59 Å². The van der Waals surface area contributed by atoms with Crippen molar-refractivity contribution in [3.63, 3.8) is 0 Å². The number of fused-ring (bicyclic) bond motifs is 1. The molecule has 0 radical (unpaired) electrons. The lowest BCUT2D eigenvalue weighted by molar-refractivity contribution is -0.797. The third-order valence-corrected chi connectivity index (χ3v) is 5.74. The molecule has 0 bridgehead atoms. The van der Waals surface area contributed by atoms with Gasteiger partial charge < -0.3 is 14.6 Å². The summed E-state index contributed by atoms with van der Waals surface area (Å²) in [5, 5.41) is 12.1. The molecular formula is C24H24NO5+. The zero-order valence-electron chi connectivity index (χ0n) is 16.7. The lowest BCUT2D eigenvalue weighted by atomic mass is 10.1. The Bertz CT molecular complexity index is 1070. The first kappa shape index (κ1) is 19.9. The molecule has 30 heavy (non-hydrogen) atoms. The largest absolute Gasteiger partial charge is 0.527 e. The molecule has 2 amide bonds. The van der Waals surface area contributed by atoms with Gasteiger partial charge in [-0.25, -0.2) is 0 Å². The van der Waals surface area contributed by atoms with Crippen molar-refractivity contribution in [2.75, 3.05) is 6.54 Å². The van der Waals surface area contributed by atoms with Crippen molar-refractivity contribution in [1.82, 2.24) is 0 Å². The van der Waals surface area contributed by atoms with Crippen LogP contribution in [-0.4, -0.2) is 40.5 Å². The molecule has 0 spiro atoms. The molecule has 1 aliphatic heterocycles. The maximum atomic E-state index is 12.9. The number of carbonyl (C=O) groups excluding carboxylic acids is 1. The number of hydrogen-bond donors (Lipinski definition) is 1. The highest BCUT2D eigenvalue weighted by atomic mass is 16.6. The number of ether oxygens (including phenoxy) is 2. The maximum absolute atomic E-state index is 12.9. The number of quaternary nitrogens is 1. The number of imide groups is 1. The second-order valence-corrected chi connectivity index (χ2v) is 7.71. The van der Waals surface area contributed by atoms with Gasteiger partial charge in [-0.15, -0.1) is 4.48 Å². The van der Waals surface area contributed by atoms with E-state index in [-0.39, 0.29) is 13.2 Å². The van der Waals surface area contributed by atoms with Gasteiger partial charge in [0.2, 0.25) is 0 Å². The third kappa shape index (κ3) is 3.74. The fourth-order valence-corrected chi connectivity index (χ4v) is 4.09. The standard InChI is InChI=1S/C24H23NO5/c1-17-13-22(30-21-12-11-19-9-5-6-10-20(19)14-21)15-25(17,23(26)27)24(28)29-16-18-7-3-2-4-8-18/h2-12,14,17,22H,13,15-16H2,1H3/p+1/t17-,22-,25+/m1/s1. The number of benzene rings is 3. The van der Waals surface area contributed by atoms with E-state index >= 15 is 0 Å². The molecule has 3 aromatic rings. The van der Waals surface area contributed by atoms with Crippen LogP contribution in [0.15, 0.2) is 72.8 Å². The Kier molecular flexibility index (Phi) is 5.42. The Morgan fingerprint density at radius 1 is 1.00 bits per heavy atom. The Morgan fingerprint density at radius 2 is 1.70 bits per heavy atom. The van der Waals surface area contributed by atoms with Crippen molar-refractivity contribution in [3.05, 3.63) is 78.4 Å². The molecule has 1 aliphatic rings. The fourth-order valence-electron chi connectivity index (χ4n) is 4.09. The minimum absolute atomic E-state index is 0.0248. The van der Waals surface area contributed by atoms with Gasteiger partial charge in [0.25, 0.3) is 0 Å². The number of hydrogen-bond acceptors (Lipinski definition) is 4. The van der Waals surface area contributed by atoms with Crippen LogP contribution in [-0.2, 0) is 11.3 Å². The molecule has 1 heterocycles. The molecule has 6 heteroatoms. The van der Waals surface area contributed by atoms with Crippen LogP contribution in [0.2, 0.25) is 0 Å². The van der Waals surface area contributed by atoms with E-state index in [1.165, 1.54) is 0 Å². The molecule has 154 valence electrons. The molecule has 1 fully saturated rings. The van der Waals surface area contributed by atoms with Crippen molar-refractivity contribution >= 4 is 23.0 Å². The van der Waals surface area contributed by atoms with Crippen molar-refractivity contribution in [3.8, 4) is 5.75 Å². The van der Waals surface area contributed by atoms with Gasteiger partial charge in [-0.3, -0.25) is 0 Å². The smallest absolute Gasteiger partial charge is 0.484 e. The predicted molar refractivity (Wildman–Crippen MR) is 112 cm³/mol. The van der Waals surface area contributed by atoms with E-state index in [2.05, 4.69) is 0 Å². The van der Waals surface area contributed by atoms with Crippen molar-refractivity contribution in [1.29, 1.82) is 0 Å². The third-order valence-electron chi connectivity index (χ3n) is 5.74. The zero-order chi connectivity index (χ0) is 21.1. The predicted octanol–water partition coefficient (Wildman–Crippen LogP) is 5.21. The molecule has 0 aliphatic carbocycles. The SMILES string of the molecule is C[C@@H]1C[C@@H](Oc2ccc3ccccc3c2)C[N@+]1(C(=O)O)C(=O)OCc1ccccc1. The van der Waals surface area contributed by atoms with Gasteiger partial charge in [0.05, 0.1) is 0 Å². The van der Waals surface area contributed by atoms with E-state index in [1.54, 1.807) is 6.92 Å². The quantitative estimate of drug-likeness (QED) is 0.602. The first-order valence-electron chi connectivity index (χ1n) is 9.97. The van der Waals surface area contributed by atoms with Gasteiger partial charge in [0.1, 0.15) is 24.9 Å². The molecule has 3 aromatic carbocycles. The maximum Gasteiger partial charge on any atom is 0.527 e.